The number of rotatable bonds is 7. The van der Waals surface area contributed by atoms with Gasteiger partial charge in [-0.05, 0) is 31.8 Å². The van der Waals surface area contributed by atoms with Crippen molar-refractivity contribution in [1.82, 2.24) is 24.6 Å². The maximum Gasteiger partial charge on any atom is 0.220 e. The lowest BCUT2D eigenvalue weighted by molar-refractivity contribution is 0.255. The van der Waals surface area contributed by atoms with Crippen LogP contribution in [0.25, 0.3) is 0 Å². The van der Waals surface area contributed by atoms with E-state index in [1.165, 1.54) is 36.5 Å². The molecule has 1 aromatic heterocycles. The van der Waals surface area contributed by atoms with Crippen LogP contribution in [-0.4, -0.2) is 93.0 Å². The smallest absolute Gasteiger partial charge is 0.220 e. The first-order valence-electron chi connectivity index (χ1n) is 10.0. The number of likely N-dealkylation sites (tertiary alicyclic amines) is 1. The summed E-state index contributed by atoms with van der Waals surface area (Å²) in [5.41, 5.74) is 0.437. The first-order chi connectivity index (χ1) is 13.5. The summed E-state index contributed by atoms with van der Waals surface area (Å²) in [4.78, 5) is 9.04. The normalized spacial score (nSPS) is 20.5. The second-order valence-corrected chi connectivity index (χ2v) is 9.64. The summed E-state index contributed by atoms with van der Waals surface area (Å²) < 4.78 is 31.4. The largest absolute Gasteiger partial charge is 0.364 e. The quantitative estimate of drug-likeness (QED) is 0.314. The highest BCUT2D eigenvalue weighted by Gasteiger charge is 2.29. The van der Waals surface area contributed by atoms with E-state index in [9.17, 15) is 8.42 Å². The third-order valence-corrected chi connectivity index (χ3v) is 7.15. The molecule has 3 heterocycles. The predicted molar refractivity (Wildman–Crippen MR) is 124 cm³/mol. The van der Waals surface area contributed by atoms with Gasteiger partial charge in [0.2, 0.25) is 10.0 Å². The van der Waals surface area contributed by atoms with Gasteiger partial charge in [0.1, 0.15) is 12.0 Å². The Labute approximate surface area is 190 Å². The van der Waals surface area contributed by atoms with Crippen LogP contribution >= 0.6 is 24.0 Å². The van der Waals surface area contributed by atoms with Gasteiger partial charge in [-0.2, -0.15) is 4.31 Å². The van der Waals surface area contributed by atoms with E-state index >= 15 is 0 Å². The van der Waals surface area contributed by atoms with Crippen molar-refractivity contribution in [1.29, 1.82) is 0 Å². The summed E-state index contributed by atoms with van der Waals surface area (Å²) >= 11 is 0. The van der Waals surface area contributed by atoms with Crippen LogP contribution in [0.5, 0.6) is 0 Å². The fourth-order valence-corrected chi connectivity index (χ4v) is 5.26. The number of nitrogens with one attached hydrogen (secondary N) is 1. The van der Waals surface area contributed by atoms with Crippen molar-refractivity contribution in [3.8, 4) is 0 Å². The zero-order valence-electron chi connectivity index (χ0n) is 17.3. The molecule has 11 heteroatoms. The average Bonchev–Trinajstić information content (AvgIpc) is 3.36. The molecule has 166 valence electrons. The van der Waals surface area contributed by atoms with Gasteiger partial charge in [0.05, 0.1) is 5.69 Å². The number of aliphatic imine (C=N–C) groups is 1. The van der Waals surface area contributed by atoms with Crippen LogP contribution in [0, 0.1) is 5.92 Å². The molecule has 0 radical (unpaired) electrons. The van der Waals surface area contributed by atoms with Gasteiger partial charge in [-0.1, -0.05) is 12.1 Å². The van der Waals surface area contributed by atoms with E-state index in [2.05, 4.69) is 32.2 Å². The summed E-state index contributed by atoms with van der Waals surface area (Å²) in [6.07, 6.45) is 4.01. The van der Waals surface area contributed by atoms with Gasteiger partial charge < -0.3 is 19.6 Å². The molecule has 0 saturated carbocycles. The lowest BCUT2D eigenvalue weighted by atomic mass is 10.1. The lowest BCUT2D eigenvalue weighted by Crippen LogP contribution is -2.54. The molecule has 1 aromatic rings. The standard InChI is InChI=1S/C18H32N6O3S.HI/c1-16(14-22-6-3-4-7-22)13-20-18(19-2)23-8-10-24(11-9-23)28(25,26)15-17-5-12-27-21-17;/h5,12,16H,3-4,6-11,13-15H2,1-2H3,(H,19,20);1H. The number of hydrogen-bond acceptors (Lipinski definition) is 6. The molecule has 0 amide bonds. The van der Waals surface area contributed by atoms with Crippen LogP contribution in [0.1, 0.15) is 25.5 Å². The average molecular weight is 540 g/mol. The molecule has 2 fully saturated rings. The number of halogens is 1. The third-order valence-electron chi connectivity index (χ3n) is 5.34. The van der Waals surface area contributed by atoms with Gasteiger partial charge in [0, 0.05) is 52.4 Å². The molecule has 1 atom stereocenters. The van der Waals surface area contributed by atoms with Crippen molar-refractivity contribution in [3.05, 3.63) is 18.0 Å². The Morgan fingerprint density at radius 2 is 1.93 bits per heavy atom. The van der Waals surface area contributed by atoms with E-state index in [1.54, 1.807) is 13.1 Å². The Morgan fingerprint density at radius 3 is 2.52 bits per heavy atom. The van der Waals surface area contributed by atoms with E-state index < -0.39 is 10.0 Å². The molecule has 2 aliphatic heterocycles. The summed E-state index contributed by atoms with van der Waals surface area (Å²) in [7, 11) is -1.60. The monoisotopic (exact) mass is 540 g/mol. The summed E-state index contributed by atoms with van der Waals surface area (Å²) in [5, 5.41) is 7.17. The fourth-order valence-electron chi connectivity index (χ4n) is 3.84. The van der Waals surface area contributed by atoms with E-state index in [0.717, 1.165) is 19.0 Å². The van der Waals surface area contributed by atoms with Crippen molar-refractivity contribution in [2.75, 3.05) is 59.4 Å². The summed E-state index contributed by atoms with van der Waals surface area (Å²) in [5.74, 6) is 1.27. The molecule has 0 aromatic carbocycles. The highest BCUT2D eigenvalue weighted by molar-refractivity contribution is 14.0. The molecule has 9 nitrogen and oxygen atoms in total. The zero-order valence-corrected chi connectivity index (χ0v) is 20.4. The van der Waals surface area contributed by atoms with Gasteiger partial charge in [0.25, 0.3) is 0 Å². The number of nitrogens with zero attached hydrogens (tertiary/aromatic N) is 5. The first-order valence-corrected chi connectivity index (χ1v) is 11.6. The Balaban J connectivity index is 0.00000300. The maximum atomic E-state index is 12.6. The van der Waals surface area contributed by atoms with Gasteiger partial charge in [-0.25, -0.2) is 8.42 Å². The van der Waals surface area contributed by atoms with Gasteiger partial charge in [-0.3, -0.25) is 4.99 Å². The Hall–Kier alpha value is -0.920. The number of aromatic nitrogens is 1. The van der Waals surface area contributed by atoms with Crippen molar-refractivity contribution in [3.63, 3.8) is 0 Å². The predicted octanol–water partition coefficient (Wildman–Crippen LogP) is 1.05. The third kappa shape index (κ3) is 7.07. The number of hydrogen-bond donors (Lipinski definition) is 1. The van der Waals surface area contributed by atoms with Gasteiger partial charge in [-0.15, -0.1) is 24.0 Å². The summed E-state index contributed by atoms with van der Waals surface area (Å²) in [6, 6.07) is 1.59. The van der Waals surface area contributed by atoms with Crippen molar-refractivity contribution < 1.29 is 12.9 Å². The summed E-state index contributed by atoms with van der Waals surface area (Å²) in [6.45, 7) is 8.80. The van der Waals surface area contributed by atoms with E-state index in [0.29, 0.717) is 37.8 Å². The number of piperazine rings is 1. The van der Waals surface area contributed by atoms with E-state index in [4.69, 9.17) is 4.52 Å². The first kappa shape index (κ1) is 24.4. The van der Waals surface area contributed by atoms with Crippen molar-refractivity contribution >= 4 is 40.0 Å². The fraction of sp³-hybridized carbons (Fsp3) is 0.778. The molecule has 1 unspecified atom stereocenters. The van der Waals surface area contributed by atoms with Crippen molar-refractivity contribution in [2.45, 2.75) is 25.5 Å². The van der Waals surface area contributed by atoms with Crippen LogP contribution in [-0.2, 0) is 15.8 Å². The number of guanidine groups is 1. The van der Waals surface area contributed by atoms with Gasteiger partial charge in [0.15, 0.2) is 5.96 Å². The lowest BCUT2D eigenvalue weighted by Gasteiger charge is -2.36. The minimum absolute atomic E-state index is 0. The molecule has 1 N–H and O–H groups in total. The van der Waals surface area contributed by atoms with Crippen LogP contribution in [0.15, 0.2) is 21.8 Å². The second kappa shape index (κ2) is 11.5. The van der Waals surface area contributed by atoms with Crippen LogP contribution < -0.4 is 5.32 Å². The van der Waals surface area contributed by atoms with Crippen LogP contribution in [0.2, 0.25) is 0 Å². The Kier molecular flexibility index (Phi) is 9.63. The van der Waals surface area contributed by atoms with Gasteiger partial charge >= 0.3 is 0 Å². The van der Waals surface area contributed by atoms with E-state index in [1.807, 2.05) is 0 Å². The highest BCUT2D eigenvalue weighted by Crippen LogP contribution is 2.13. The molecule has 0 aliphatic carbocycles. The second-order valence-electron chi connectivity index (χ2n) is 7.67. The molecule has 29 heavy (non-hydrogen) atoms. The molecule has 0 spiro atoms. The van der Waals surface area contributed by atoms with E-state index in [-0.39, 0.29) is 29.7 Å². The minimum Gasteiger partial charge on any atom is -0.364 e. The number of sulfonamides is 1. The molecule has 0 bridgehead atoms. The SMILES string of the molecule is CN=C(NCC(C)CN1CCCC1)N1CCN(S(=O)(=O)Cc2ccon2)CC1.I. The molecule has 3 rings (SSSR count). The molecule has 2 saturated heterocycles. The Bertz CT molecular complexity index is 729. The maximum absolute atomic E-state index is 12.6. The molecular formula is C18H33IN6O3S. The zero-order chi connectivity index (χ0) is 20.0. The van der Waals surface area contributed by atoms with Crippen LogP contribution in [0.4, 0.5) is 0 Å². The molecular weight excluding hydrogens is 507 g/mol. The topological polar surface area (TPSA) is 94.3 Å². The molecule has 2 aliphatic rings. The van der Waals surface area contributed by atoms with Crippen molar-refractivity contribution in [2.24, 2.45) is 10.9 Å². The minimum atomic E-state index is -3.38. The Morgan fingerprint density at radius 1 is 1.24 bits per heavy atom. The van der Waals surface area contributed by atoms with Crippen LogP contribution in [0.3, 0.4) is 0 Å². The highest BCUT2D eigenvalue weighted by atomic mass is 127.